The van der Waals surface area contributed by atoms with Gasteiger partial charge in [-0.3, -0.25) is 19.3 Å². The van der Waals surface area contributed by atoms with Gasteiger partial charge in [0.25, 0.3) is 5.91 Å². The van der Waals surface area contributed by atoms with Crippen molar-refractivity contribution < 1.29 is 19.1 Å². The third-order valence-electron chi connectivity index (χ3n) is 4.91. The molecule has 3 amide bonds. The van der Waals surface area contributed by atoms with Gasteiger partial charge in [-0.2, -0.15) is 0 Å². The van der Waals surface area contributed by atoms with Gasteiger partial charge in [0.15, 0.2) is 6.10 Å². The Balaban J connectivity index is 1.62. The van der Waals surface area contributed by atoms with E-state index in [0.29, 0.717) is 43.1 Å². The van der Waals surface area contributed by atoms with E-state index in [1.54, 1.807) is 37.1 Å². The normalized spacial score (nSPS) is 21.1. The molecule has 8 heteroatoms. The number of piperidine rings is 1. The number of carbonyl (C=O) groups excluding carboxylic acids is 3. The Morgan fingerprint density at radius 3 is 2.65 bits per heavy atom. The summed E-state index contributed by atoms with van der Waals surface area (Å²) in [5.74, 6) is -0.00846. The summed E-state index contributed by atoms with van der Waals surface area (Å²) in [5, 5.41) is 2.92. The monoisotopic (exact) mass is 360 g/mol. The molecule has 2 aliphatic rings. The molecular formula is C18H24N4O4. The number of likely N-dealkylation sites (N-methyl/N-ethyl adjacent to an activating group) is 1. The Kier molecular flexibility index (Phi) is 5.13. The second-order valence-electron chi connectivity index (χ2n) is 6.85. The number of rotatable bonds is 4. The number of anilines is 2. The van der Waals surface area contributed by atoms with Gasteiger partial charge in [0.1, 0.15) is 5.75 Å². The highest BCUT2D eigenvalue weighted by Crippen LogP contribution is 2.35. The average Bonchev–Trinajstić information content (AvgIpc) is 2.60. The quantitative estimate of drug-likeness (QED) is 0.817. The van der Waals surface area contributed by atoms with Gasteiger partial charge in [0.05, 0.1) is 12.2 Å². The van der Waals surface area contributed by atoms with Gasteiger partial charge < -0.3 is 20.7 Å². The fourth-order valence-electron chi connectivity index (χ4n) is 3.41. The molecule has 3 rings (SSSR count). The average molecular weight is 360 g/mol. The van der Waals surface area contributed by atoms with E-state index in [4.69, 9.17) is 10.5 Å². The summed E-state index contributed by atoms with van der Waals surface area (Å²) in [6.07, 6.45) is 0.852. The number of nitrogens with one attached hydrogen (secondary N) is 1. The van der Waals surface area contributed by atoms with E-state index in [1.807, 2.05) is 4.90 Å². The lowest BCUT2D eigenvalue weighted by molar-refractivity contribution is -0.125. The zero-order valence-electron chi connectivity index (χ0n) is 15.0. The molecule has 1 fully saturated rings. The molecule has 2 aliphatic heterocycles. The number of carbonyl (C=O) groups is 3. The number of hydrogen-bond acceptors (Lipinski definition) is 5. The van der Waals surface area contributed by atoms with Crippen LogP contribution >= 0.6 is 0 Å². The zero-order valence-corrected chi connectivity index (χ0v) is 15.0. The van der Waals surface area contributed by atoms with Gasteiger partial charge in [-0.25, -0.2) is 0 Å². The summed E-state index contributed by atoms with van der Waals surface area (Å²) in [7, 11) is 1.69. The highest BCUT2D eigenvalue weighted by Gasteiger charge is 2.30. The summed E-state index contributed by atoms with van der Waals surface area (Å²) in [6.45, 7) is 3.29. The number of primary amides is 1. The molecule has 8 nitrogen and oxygen atoms in total. The van der Waals surface area contributed by atoms with Crippen molar-refractivity contribution in [2.45, 2.75) is 25.9 Å². The lowest BCUT2D eigenvalue weighted by Gasteiger charge is -2.31. The van der Waals surface area contributed by atoms with Crippen LogP contribution in [0.15, 0.2) is 18.2 Å². The van der Waals surface area contributed by atoms with E-state index < -0.39 is 6.10 Å². The third-order valence-corrected chi connectivity index (χ3v) is 4.91. The molecule has 0 aliphatic carbocycles. The van der Waals surface area contributed by atoms with Gasteiger partial charge in [-0.05, 0) is 51.1 Å². The van der Waals surface area contributed by atoms with Crippen molar-refractivity contribution in [3.8, 4) is 5.75 Å². The number of ether oxygens (including phenoxy) is 1. The highest BCUT2D eigenvalue weighted by molar-refractivity contribution is 6.01. The van der Waals surface area contributed by atoms with Crippen LogP contribution in [-0.2, 0) is 14.4 Å². The summed E-state index contributed by atoms with van der Waals surface area (Å²) >= 11 is 0. The largest absolute Gasteiger partial charge is 0.479 e. The van der Waals surface area contributed by atoms with Crippen LogP contribution in [0.4, 0.5) is 11.4 Å². The number of benzene rings is 1. The van der Waals surface area contributed by atoms with E-state index >= 15 is 0 Å². The molecule has 2 heterocycles. The third kappa shape index (κ3) is 3.80. The molecule has 3 N–H and O–H groups in total. The minimum absolute atomic E-state index is 0.0530. The first kappa shape index (κ1) is 18.2. The van der Waals surface area contributed by atoms with Crippen molar-refractivity contribution in [3.05, 3.63) is 18.2 Å². The number of nitrogens with two attached hydrogens (primary N) is 1. The van der Waals surface area contributed by atoms with Crippen LogP contribution in [0.3, 0.4) is 0 Å². The number of hydrogen-bond donors (Lipinski definition) is 2. The molecular weight excluding hydrogens is 336 g/mol. The van der Waals surface area contributed by atoms with Gasteiger partial charge >= 0.3 is 0 Å². The molecule has 1 atom stereocenters. The van der Waals surface area contributed by atoms with Crippen LogP contribution < -0.4 is 20.7 Å². The first-order valence-electron chi connectivity index (χ1n) is 8.75. The minimum Gasteiger partial charge on any atom is -0.479 e. The Morgan fingerprint density at radius 2 is 2.00 bits per heavy atom. The second kappa shape index (κ2) is 7.33. The van der Waals surface area contributed by atoms with E-state index in [0.717, 1.165) is 0 Å². The molecule has 0 saturated carbocycles. The van der Waals surface area contributed by atoms with Crippen molar-refractivity contribution in [1.82, 2.24) is 4.90 Å². The number of nitrogens with zero attached hydrogens (tertiary/aromatic N) is 2. The SMILES string of the molecule is CC1Oc2ccc(NC(=O)C3CCN(CC(N)=O)CC3)cc2N(C)C1=O. The summed E-state index contributed by atoms with van der Waals surface area (Å²) in [6, 6.07) is 5.29. The molecule has 0 aromatic heterocycles. The first-order chi connectivity index (χ1) is 12.3. The molecule has 1 unspecified atom stereocenters. The predicted octanol–water partition coefficient (Wildman–Crippen LogP) is 0.566. The van der Waals surface area contributed by atoms with Gasteiger partial charge in [-0.1, -0.05) is 0 Å². The Labute approximate surface area is 152 Å². The van der Waals surface area contributed by atoms with E-state index in [2.05, 4.69) is 5.32 Å². The number of fused-ring (bicyclic) bond motifs is 1. The summed E-state index contributed by atoms with van der Waals surface area (Å²) in [4.78, 5) is 39.1. The topological polar surface area (TPSA) is 105 Å². The molecule has 140 valence electrons. The van der Waals surface area contributed by atoms with Gasteiger partial charge in [0, 0.05) is 18.7 Å². The first-order valence-corrected chi connectivity index (χ1v) is 8.75. The Morgan fingerprint density at radius 1 is 1.31 bits per heavy atom. The van der Waals surface area contributed by atoms with Crippen LogP contribution in [0.5, 0.6) is 5.75 Å². The van der Waals surface area contributed by atoms with Crippen LogP contribution in [0.2, 0.25) is 0 Å². The number of likely N-dealkylation sites (tertiary alicyclic amines) is 1. The maximum atomic E-state index is 12.5. The van der Waals surface area contributed by atoms with Gasteiger partial charge in [-0.15, -0.1) is 0 Å². The van der Waals surface area contributed by atoms with Crippen molar-refractivity contribution in [2.75, 3.05) is 36.9 Å². The smallest absolute Gasteiger partial charge is 0.267 e. The second-order valence-corrected chi connectivity index (χ2v) is 6.85. The molecule has 0 spiro atoms. The van der Waals surface area contributed by atoms with Crippen molar-refractivity contribution in [1.29, 1.82) is 0 Å². The lowest BCUT2D eigenvalue weighted by Crippen LogP contribution is -2.42. The maximum Gasteiger partial charge on any atom is 0.267 e. The van der Waals surface area contributed by atoms with Crippen molar-refractivity contribution in [3.63, 3.8) is 0 Å². The molecule has 26 heavy (non-hydrogen) atoms. The standard InChI is InChI=1S/C18H24N4O4/c1-11-18(25)21(2)14-9-13(3-4-15(14)26-11)20-17(24)12-5-7-22(8-6-12)10-16(19)23/h3-4,9,11-12H,5-8,10H2,1-2H3,(H2,19,23)(H,20,24). The minimum atomic E-state index is -0.515. The van der Waals surface area contributed by atoms with Crippen LogP contribution in [0.25, 0.3) is 0 Å². The summed E-state index contributed by atoms with van der Waals surface area (Å²) in [5.41, 5.74) is 6.48. The van der Waals surface area contributed by atoms with Crippen LogP contribution in [0, 0.1) is 5.92 Å². The molecule has 0 bridgehead atoms. The van der Waals surface area contributed by atoms with Crippen molar-refractivity contribution in [2.24, 2.45) is 11.7 Å². The maximum absolute atomic E-state index is 12.5. The fraction of sp³-hybridized carbons (Fsp3) is 0.500. The van der Waals surface area contributed by atoms with Crippen molar-refractivity contribution >= 4 is 29.1 Å². The molecule has 1 aromatic carbocycles. The van der Waals surface area contributed by atoms with E-state index in [1.165, 1.54) is 0 Å². The lowest BCUT2D eigenvalue weighted by atomic mass is 9.95. The van der Waals surface area contributed by atoms with E-state index in [-0.39, 0.29) is 30.2 Å². The molecule has 1 saturated heterocycles. The fourth-order valence-corrected chi connectivity index (χ4v) is 3.41. The van der Waals surface area contributed by atoms with Gasteiger partial charge in [0.2, 0.25) is 11.8 Å². The Hall–Kier alpha value is -2.61. The van der Waals surface area contributed by atoms with E-state index in [9.17, 15) is 14.4 Å². The highest BCUT2D eigenvalue weighted by atomic mass is 16.5. The summed E-state index contributed by atoms with van der Waals surface area (Å²) < 4.78 is 5.59. The molecule has 1 aromatic rings. The van der Waals surface area contributed by atoms with Crippen LogP contribution in [-0.4, -0.2) is 55.4 Å². The number of amides is 3. The van der Waals surface area contributed by atoms with Crippen LogP contribution in [0.1, 0.15) is 19.8 Å². The predicted molar refractivity (Wildman–Crippen MR) is 96.9 cm³/mol. The Bertz CT molecular complexity index is 728. The zero-order chi connectivity index (χ0) is 18.8. The molecule has 0 radical (unpaired) electrons.